The number of fused-ring (bicyclic) bond motifs is 1. The standard InChI is InChI=1S/C14H23N5/c1-9-18(13(2,3)4)10-11(15)16-8-17-12(10)19(9)14(5,6)7/h8H,1H2,2-7H3,(H2,15,16,17). The summed E-state index contributed by atoms with van der Waals surface area (Å²) in [7, 11) is 0. The molecule has 0 fully saturated rings. The van der Waals surface area contributed by atoms with Gasteiger partial charge in [-0.3, -0.25) is 0 Å². The molecule has 0 unspecified atom stereocenters. The quantitative estimate of drug-likeness (QED) is 0.778. The summed E-state index contributed by atoms with van der Waals surface area (Å²) in [6.45, 7) is 17.0. The summed E-state index contributed by atoms with van der Waals surface area (Å²) in [6, 6.07) is 0. The zero-order valence-corrected chi connectivity index (χ0v) is 12.7. The van der Waals surface area contributed by atoms with E-state index in [4.69, 9.17) is 5.73 Å². The Morgan fingerprint density at radius 1 is 1.00 bits per heavy atom. The van der Waals surface area contributed by atoms with Crippen LogP contribution >= 0.6 is 0 Å². The molecule has 5 nitrogen and oxygen atoms in total. The molecule has 0 saturated heterocycles. The van der Waals surface area contributed by atoms with Crippen molar-refractivity contribution in [3.05, 3.63) is 18.7 Å². The van der Waals surface area contributed by atoms with Crippen LogP contribution < -0.4 is 15.5 Å². The summed E-state index contributed by atoms with van der Waals surface area (Å²) in [6.07, 6.45) is 1.51. The Morgan fingerprint density at radius 3 is 2.00 bits per heavy atom. The second-order valence-electron chi connectivity index (χ2n) is 6.86. The van der Waals surface area contributed by atoms with Gasteiger partial charge in [-0.05, 0) is 41.5 Å². The Bertz CT molecular complexity index is 522. The highest BCUT2D eigenvalue weighted by Crippen LogP contribution is 2.48. The number of nitrogens with two attached hydrogens (primary N) is 1. The summed E-state index contributed by atoms with van der Waals surface area (Å²) in [4.78, 5) is 12.8. The lowest BCUT2D eigenvalue weighted by atomic mass is 10.1. The maximum absolute atomic E-state index is 6.07. The first kappa shape index (κ1) is 13.6. The molecule has 0 spiro atoms. The second kappa shape index (κ2) is 3.85. The monoisotopic (exact) mass is 261 g/mol. The van der Waals surface area contributed by atoms with E-state index in [1.54, 1.807) is 0 Å². The minimum atomic E-state index is -0.134. The van der Waals surface area contributed by atoms with Crippen molar-refractivity contribution in [1.29, 1.82) is 0 Å². The molecule has 0 saturated carbocycles. The number of rotatable bonds is 0. The van der Waals surface area contributed by atoms with Gasteiger partial charge in [0.25, 0.3) is 0 Å². The van der Waals surface area contributed by atoms with Gasteiger partial charge in [0.05, 0.1) is 0 Å². The van der Waals surface area contributed by atoms with E-state index < -0.39 is 0 Å². The van der Waals surface area contributed by atoms with Crippen LogP contribution in [-0.2, 0) is 0 Å². The van der Waals surface area contributed by atoms with Gasteiger partial charge in [-0.25, -0.2) is 9.97 Å². The topological polar surface area (TPSA) is 58.3 Å². The van der Waals surface area contributed by atoms with Crippen molar-refractivity contribution in [2.24, 2.45) is 0 Å². The lowest BCUT2D eigenvalue weighted by Crippen LogP contribution is -2.46. The third kappa shape index (κ3) is 2.03. The van der Waals surface area contributed by atoms with E-state index in [-0.39, 0.29) is 11.1 Å². The van der Waals surface area contributed by atoms with Crippen molar-refractivity contribution < 1.29 is 0 Å². The molecule has 5 heteroatoms. The highest BCUT2D eigenvalue weighted by atomic mass is 15.5. The van der Waals surface area contributed by atoms with Crippen molar-refractivity contribution >= 4 is 17.3 Å². The van der Waals surface area contributed by atoms with Crippen LogP contribution in [0.5, 0.6) is 0 Å². The highest BCUT2D eigenvalue weighted by molar-refractivity contribution is 5.87. The summed E-state index contributed by atoms with van der Waals surface area (Å²) in [5, 5.41) is 0. The van der Waals surface area contributed by atoms with Gasteiger partial charge in [-0.2, -0.15) is 0 Å². The smallest absolute Gasteiger partial charge is 0.164 e. The molecule has 0 aliphatic carbocycles. The predicted molar refractivity (Wildman–Crippen MR) is 80.0 cm³/mol. The Balaban J connectivity index is 2.70. The van der Waals surface area contributed by atoms with Crippen molar-refractivity contribution in [1.82, 2.24) is 9.97 Å². The van der Waals surface area contributed by atoms with E-state index in [2.05, 4.69) is 67.9 Å². The maximum Gasteiger partial charge on any atom is 0.164 e. The number of hydrogen-bond acceptors (Lipinski definition) is 5. The molecular weight excluding hydrogens is 238 g/mol. The zero-order chi connectivity index (χ0) is 14.6. The van der Waals surface area contributed by atoms with Gasteiger partial charge in [-0.1, -0.05) is 6.58 Å². The molecule has 1 aromatic heterocycles. The van der Waals surface area contributed by atoms with Crippen molar-refractivity contribution in [3.8, 4) is 0 Å². The molecule has 0 atom stereocenters. The Kier molecular flexibility index (Phi) is 2.77. The number of nitrogen functional groups attached to an aromatic ring is 1. The third-order valence-electron chi connectivity index (χ3n) is 3.12. The van der Waals surface area contributed by atoms with Crippen LogP contribution in [-0.4, -0.2) is 21.0 Å². The van der Waals surface area contributed by atoms with Crippen LogP contribution in [0.2, 0.25) is 0 Å². The second-order valence-corrected chi connectivity index (χ2v) is 6.86. The molecule has 0 amide bonds. The summed E-state index contributed by atoms with van der Waals surface area (Å²) in [5.41, 5.74) is 6.67. The fourth-order valence-corrected chi connectivity index (χ4v) is 2.54. The van der Waals surface area contributed by atoms with Crippen LogP contribution in [0.15, 0.2) is 18.7 Å². The van der Waals surface area contributed by atoms with Crippen molar-refractivity contribution in [2.45, 2.75) is 52.6 Å². The fraction of sp³-hybridized carbons (Fsp3) is 0.571. The van der Waals surface area contributed by atoms with Crippen LogP contribution in [0, 0.1) is 0 Å². The van der Waals surface area contributed by atoms with Crippen LogP contribution in [0.25, 0.3) is 0 Å². The zero-order valence-electron chi connectivity index (χ0n) is 12.7. The molecule has 0 radical (unpaired) electrons. The lowest BCUT2D eigenvalue weighted by molar-refractivity contribution is 0.503. The summed E-state index contributed by atoms with van der Waals surface area (Å²) >= 11 is 0. The SMILES string of the molecule is C=C1N(C(C)(C)C)c2ncnc(N)c2N1C(C)(C)C. The van der Waals surface area contributed by atoms with Gasteiger partial charge < -0.3 is 15.5 Å². The first-order valence-electron chi connectivity index (χ1n) is 6.45. The van der Waals surface area contributed by atoms with Crippen molar-refractivity contribution in [2.75, 3.05) is 15.5 Å². The molecule has 19 heavy (non-hydrogen) atoms. The molecule has 1 aliphatic heterocycles. The Hall–Kier alpha value is -1.78. The highest BCUT2D eigenvalue weighted by Gasteiger charge is 2.43. The minimum Gasteiger partial charge on any atom is -0.382 e. The fourth-order valence-electron chi connectivity index (χ4n) is 2.54. The van der Waals surface area contributed by atoms with Gasteiger partial charge in [0.2, 0.25) is 0 Å². The normalized spacial score (nSPS) is 16.0. The molecule has 2 N–H and O–H groups in total. The molecule has 2 rings (SSSR count). The molecular formula is C14H23N5. The van der Waals surface area contributed by atoms with E-state index in [1.807, 2.05) is 0 Å². The van der Waals surface area contributed by atoms with Gasteiger partial charge in [0, 0.05) is 11.1 Å². The largest absolute Gasteiger partial charge is 0.382 e. The Morgan fingerprint density at radius 2 is 1.53 bits per heavy atom. The third-order valence-corrected chi connectivity index (χ3v) is 3.12. The first-order valence-corrected chi connectivity index (χ1v) is 6.45. The molecule has 0 bridgehead atoms. The van der Waals surface area contributed by atoms with Gasteiger partial charge in [0.15, 0.2) is 11.6 Å². The Labute approximate surface area is 115 Å². The maximum atomic E-state index is 6.07. The van der Waals surface area contributed by atoms with Crippen molar-refractivity contribution in [3.63, 3.8) is 0 Å². The van der Waals surface area contributed by atoms with Crippen LogP contribution in [0.1, 0.15) is 41.5 Å². The van der Waals surface area contributed by atoms with Gasteiger partial charge in [-0.15, -0.1) is 0 Å². The number of anilines is 3. The molecule has 104 valence electrons. The number of hydrogen-bond donors (Lipinski definition) is 1. The van der Waals surface area contributed by atoms with E-state index >= 15 is 0 Å². The van der Waals surface area contributed by atoms with E-state index in [0.717, 1.165) is 17.3 Å². The average molecular weight is 261 g/mol. The van der Waals surface area contributed by atoms with Crippen LogP contribution in [0.3, 0.4) is 0 Å². The average Bonchev–Trinajstić information content (AvgIpc) is 2.50. The lowest BCUT2D eigenvalue weighted by Gasteiger charge is -2.39. The number of aromatic nitrogens is 2. The van der Waals surface area contributed by atoms with Crippen LogP contribution in [0.4, 0.5) is 17.3 Å². The van der Waals surface area contributed by atoms with E-state index in [1.165, 1.54) is 6.33 Å². The van der Waals surface area contributed by atoms with Gasteiger partial charge >= 0.3 is 0 Å². The molecule has 1 aliphatic rings. The summed E-state index contributed by atoms with van der Waals surface area (Å²) in [5.74, 6) is 2.22. The van der Waals surface area contributed by atoms with E-state index in [9.17, 15) is 0 Å². The summed E-state index contributed by atoms with van der Waals surface area (Å²) < 4.78 is 0. The molecule has 1 aromatic rings. The first-order chi connectivity index (χ1) is 8.55. The minimum absolute atomic E-state index is 0.118. The molecule has 2 heterocycles. The number of nitrogens with zero attached hydrogens (tertiary/aromatic N) is 4. The van der Waals surface area contributed by atoms with Gasteiger partial charge in [0.1, 0.15) is 17.8 Å². The molecule has 0 aromatic carbocycles. The predicted octanol–water partition coefficient (Wildman–Crippen LogP) is 2.75. The van der Waals surface area contributed by atoms with E-state index in [0.29, 0.717) is 5.82 Å².